The standard InChI is InChI=1S/C20H23ClN4O7S/c1-2-7-25-19(27)6-5-16(23-25)20(28)32-13-18(26)22-17-12-14(3-4-15(17)21)33(29,30)24-8-10-31-11-9-24/h3-6,12H,2,7-11,13H2,1H3,(H,22,26). The quantitative estimate of drug-likeness (QED) is 0.534. The molecule has 33 heavy (non-hydrogen) atoms. The van der Waals surface area contributed by atoms with E-state index in [-0.39, 0.29) is 39.9 Å². The Balaban J connectivity index is 1.65. The molecule has 1 N–H and O–H groups in total. The van der Waals surface area contributed by atoms with Gasteiger partial charge in [0.2, 0.25) is 10.0 Å². The second-order valence-corrected chi connectivity index (χ2v) is 9.41. The van der Waals surface area contributed by atoms with Gasteiger partial charge in [0, 0.05) is 25.7 Å². The van der Waals surface area contributed by atoms with E-state index in [9.17, 15) is 22.8 Å². The Morgan fingerprint density at radius 1 is 1.21 bits per heavy atom. The number of aromatic nitrogens is 2. The molecule has 0 radical (unpaired) electrons. The average Bonchev–Trinajstić information content (AvgIpc) is 2.81. The first kappa shape index (κ1) is 24.8. The van der Waals surface area contributed by atoms with Gasteiger partial charge in [0.25, 0.3) is 11.5 Å². The molecule has 2 heterocycles. The molecule has 1 aromatic carbocycles. The van der Waals surface area contributed by atoms with Gasteiger partial charge in [-0.2, -0.15) is 9.40 Å². The summed E-state index contributed by atoms with van der Waals surface area (Å²) in [6, 6.07) is 6.36. The van der Waals surface area contributed by atoms with Crippen molar-refractivity contribution in [1.82, 2.24) is 14.1 Å². The number of amides is 1. The fourth-order valence-corrected chi connectivity index (χ4v) is 4.62. The number of aryl methyl sites for hydroxylation is 1. The number of sulfonamides is 1. The molecule has 1 fully saturated rings. The van der Waals surface area contributed by atoms with Gasteiger partial charge in [0.15, 0.2) is 12.3 Å². The van der Waals surface area contributed by atoms with Crippen LogP contribution in [0.1, 0.15) is 23.8 Å². The van der Waals surface area contributed by atoms with Gasteiger partial charge >= 0.3 is 5.97 Å². The molecule has 0 atom stereocenters. The van der Waals surface area contributed by atoms with Crippen LogP contribution >= 0.6 is 11.6 Å². The summed E-state index contributed by atoms with van der Waals surface area (Å²) in [5, 5.41) is 6.47. The van der Waals surface area contributed by atoms with Crippen LogP contribution in [0.3, 0.4) is 0 Å². The molecule has 11 nitrogen and oxygen atoms in total. The lowest BCUT2D eigenvalue weighted by Gasteiger charge is -2.26. The minimum absolute atomic E-state index is 0.0384. The number of carbonyl (C=O) groups excluding carboxylic acids is 2. The number of ether oxygens (including phenoxy) is 2. The highest BCUT2D eigenvalue weighted by atomic mass is 35.5. The third-order valence-corrected chi connectivity index (χ3v) is 6.89. The summed E-state index contributed by atoms with van der Waals surface area (Å²) >= 11 is 6.10. The maximum atomic E-state index is 12.8. The maximum absolute atomic E-state index is 12.8. The molecule has 1 aliphatic heterocycles. The lowest BCUT2D eigenvalue weighted by molar-refractivity contribution is -0.119. The Morgan fingerprint density at radius 3 is 2.64 bits per heavy atom. The fourth-order valence-electron chi connectivity index (χ4n) is 3.02. The minimum Gasteiger partial charge on any atom is -0.451 e. The van der Waals surface area contributed by atoms with Gasteiger partial charge in [-0.1, -0.05) is 18.5 Å². The Hall–Kier alpha value is -2.80. The van der Waals surface area contributed by atoms with E-state index >= 15 is 0 Å². The third-order valence-electron chi connectivity index (χ3n) is 4.67. The molecule has 1 aromatic heterocycles. The van der Waals surface area contributed by atoms with Crippen molar-refractivity contribution < 1.29 is 27.5 Å². The topological polar surface area (TPSA) is 137 Å². The summed E-state index contributed by atoms with van der Waals surface area (Å²) in [5.74, 6) is -1.61. The van der Waals surface area contributed by atoms with E-state index in [0.29, 0.717) is 26.2 Å². The summed E-state index contributed by atoms with van der Waals surface area (Å²) in [7, 11) is -3.79. The van der Waals surface area contributed by atoms with E-state index < -0.39 is 28.5 Å². The van der Waals surface area contributed by atoms with Crippen LogP contribution in [0.15, 0.2) is 40.0 Å². The molecule has 1 saturated heterocycles. The number of halogens is 1. The second-order valence-electron chi connectivity index (χ2n) is 7.06. The Morgan fingerprint density at radius 2 is 1.94 bits per heavy atom. The Kier molecular flexibility index (Phi) is 8.19. The molecule has 1 amide bonds. The molecule has 0 bridgehead atoms. The van der Waals surface area contributed by atoms with E-state index in [0.717, 1.165) is 4.68 Å². The Labute approximate surface area is 195 Å². The molecule has 0 spiro atoms. The molecule has 2 aromatic rings. The molecular formula is C20H23ClN4O7S. The van der Waals surface area contributed by atoms with E-state index in [4.69, 9.17) is 21.1 Å². The van der Waals surface area contributed by atoms with Gasteiger partial charge in [-0.05, 0) is 30.7 Å². The minimum atomic E-state index is -3.79. The van der Waals surface area contributed by atoms with Crippen molar-refractivity contribution >= 4 is 39.2 Å². The zero-order valence-electron chi connectivity index (χ0n) is 17.8. The van der Waals surface area contributed by atoms with Crippen LogP contribution in [0.5, 0.6) is 0 Å². The number of nitrogens with one attached hydrogen (secondary N) is 1. The predicted octanol–water partition coefficient (Wildman–Crippen LogP) is 1.12. The largest absolute Gasteiger partial charge is 0.451 e. The number of carbonyl (C=O) groups is 2. The first-order valence-corrected chi connectivity index (χ1v) is 12.0. The van der Waals surface area contributed by atoms with Crippen molar-refractivity contribution in [1.29, 1.82) is 0 Å². The van der Waals surface area contributed by atoms with Crippen LogP contribution in [0.2, 0.25) is 5.02 Å². The van der Waals surface area contributed by atoms with Gasteiger partial charge in [0.05, 0.1) is 28.8 Å². The normalized spacial score (nSPS) is 14.6. The molecule has 178 valence electrons. The SMILES string of the molecule is CCCn1nc(C(=O)OCC(=O)Nc2cc(S(=O)(=O)N3CCOCC3)ccc2Cl)ccc1=O. The number of hydrogen-bond donors (Lipinski definition) is 1. The van der Waals surface area contributed by atoms with E-state index in [1.165, 1.54) is 34.6 Å². The van der Waals surface area contributed by atoms with Gasteiger partial charge in [0.1, 0.15) is 0 Å². The molecule has 0 saturated carbocycles. The second kappa shape index (κ2) is 10.9. The van der Waals surface area contributed by atoms with Crippen molar-refractivity contribution in [2.24, 2.45) is 0 Å². The molecule has 1 aliphatic rings. The molecule has 3 rings (SSSR count). The van der Waals surface area contributed by atoms with Crippen molar-refractivity contribution in [3.8, 4) is 0 Å². The third kappa shape index (κ3) is 6.16. The summed E-state index contributed by atoms with van der Waals surface area (Å²) in [5.41, 5.74) is -0.415. The molecule has 0 unspecified atom stereocenters. The van der Waals surface area contributed by atoms with Crippen molar-refractivity contribution in [3.63, 3.8) is 0 Å². The molecular weight excluding hydrogens is 476 g/mol. The van der Waals surface area contributed by atoms with Crippen LogP contribution in [0, 0.1) is 0 Å². The van der Waals surface area contributed by atoms with Gasteiger partial charge < -0.3 is 14.8 Å². The van der Waals surface area contributed by atoms with Crippen molar-refractivity contribution in [3.05, 3.63) is 51.4 Å². The number of rotatable bonds is 8. The predicted molar refractivity (Wildman–Crippen MR) is 119 cm³/mol. The smallest absolute Gasteiger partial charge is 0.359 e. The summed E-state index contributed by atoms with van der Waals surface area (Å²) in [6.07, 6.45) is 0.648. The summed E-state index contributed by atoms with van der Waals surface area (Å²) in [4.78, 5) is 36.1. The van der Waals surface area contributed by atoms with Crippen LogP contribution in [-0.2, 0) is 30.8 Å². The first-order chi connectivity index (χ1) is 15.7. The lowest BCUT2D eigenvalue weighted by atomic mass is 10.3. The van der Waals surface area contributed by atoms with Crippen LogP contribution in [-0.4, -0.2) is 67.3 Å². The number of nitrogens with zero attached hydrogens (tertiary/aromatic N) is 3. The Bertz CT molecular complexity index is 1190. The first-order valence-electron chi connectivity index (χ1n) is 10.1. The highest BCUT2D eigenvalue weighted by Crippen LogP contribution is 2.27. The molecule has 0 aliphatic carbocycles. The summed E-state index contributed by atoms with van der Waals surface area (Å²) in [6.45, 7) is 2.58. The number of morpholine rings is 1. The zero-order chi connectivity index (χ0) is 24.0. The summed E-state index contributed by atoms with van der Waals surface area (Å²) < 4.78 is 38.2. The number of esters is 1. The van der Waals surface area contributed by atoms with Gasteiger partial charge in [-0.25, -0.2) is 17.9 Å². The highest BCUT2D eigenvalue weighted by Gasteiger charge is 2.27. The number of anilines is 1. The monoisotopic (exact) mass is 498 g/mol. The van der Waals surface area contributed by atoms with Gasteiger partial charge in [-0.3, -0.25) is 9.59 Å². The maximum Gasteiger partial charge on any atom is 0.359 e. The lowest BCUT2D eigenvalue weighted by Crippen LogP contribution is -2.40. The molecule has 13 heteroatoms. The van der Waals surface area contributed by atoms with Crippen molar-refractivity contribution in [2.45, 2.75) is 24.8 Å². The van der Waals surface area contributed by atoms with E-state index in [1.54, 1.807) is 0 Å². The zero-order valence-corrected chi connectivity index (χ0v) is 19.4. The van der Waals surface area contributed by atoms with Crippen LogP contribution in [0.4, 0.5) is 5.69 Å². The van der Waals surface area contributed by atoms with Crippen LogP contribution < -0.4 is 10.9 Å². The van der Waals surface area contributed by atoms with Crippen LogP contribution in [0.25, 0.3) is 0 Å². The highest BCUT2D eigenvalue weighted by molar-refractivity contribution is 7.89. The number of hydrogen-bond acceptors (Lipinski definition) is 8. The fraction of sp³-hybridized carbons (Fsp3) is 0.400. The average molecular weight is 499 g/mol. The van der Waals surface area contributed by atoms with E-state index in [1.807, 2.05) is 6.92 Å². The van der Waals surface area contributed by atoms with Crippen molar-refractivity contribution in [2.75, 3.05) is 38.2 Å². The number of benzene rings is 1. The van der Waals surface area contributed by atoms with Gasteiger partial charge in [-0.15, -0.1) is 0 Å². The van der Waals surface area contributed by atoms with E-state index in [2.05, 4.69) is 10.4 Å².